The van der Waals surface area contributed by atoms with Gasteiger partial charge in [-0.3, -0.25) is 24.4 Å². The van der Waals surface area contributed by atoms with Crippen LogP contribution >= 0.6 is 34.0 Å². The predicted octanol–water partition coefficient (Wildman–Crippen LogP) is 8.42. The molecule has 61 heavy (non-hydrogen) atoms. The molecule has 0 aliphatic rings. The third-order valence-corrected chi connectivity index (χ3v) is 9.17. The number of allylic oxidation sites excluding steroid dienone is 6. The molecule has 6 aromatic rings. The van der Waals surface area contributed by atoms with E-state index in [2.05, 4.69) is 15.0 Å². The van der Waals surface area contributed by atoms with Crippen molar-refractivity contribution in [3.05, 3.63) is 170 Å². The monoisotopic (exact) mass is 1050 g/mol. The smallest absolute Gasteiger partial charge is 0.869 e. The number of thiophene rings is 3. The van der Waals surface area contributed by atoms with Crippen LogP contribution in [0.4, 0.5) is 39.5 Å². The number of hydrogen-bond donors (Lipinski definition) is 0. The molecule has 318 valence electrons. The van der Waals surface area contributed by atoms with Gasteiger partial charge >= 0.3 is 67.9 Å². The Morgan fingerprint density at radius 1 is 0.443 bits per heavy atom. The van der Waals surface area contributed by atoms with E-state index in [1.807, 2.05) is 54.6 Å². The van der Waals surface area contributed by atoms with Gasteiger partial charge in [0.05, 0.1) is 37.4 Å². The minimum Gasteiger partial charge on any atom is -0.869 e. The fraction of sp³-hybridized carbons (Fsp3) is 0.0769. The van der Waals surface area contributed by atoms with Crippen molar-refractivity contribution in [2.24, 2.45) is 0 Å². The maximum absolute atomic E-state index is 11.7. The molecule has 0 aromatic carbocycles. The quantitative estimate of drug-likeness (QED) is 0.0632. The van der Waals surface area contributed by atoms with Crippen molar-refractivity contribution in [1.82, 2.24) is 15.0 Å². The second-order valence-corrected chi connectivity index (χ2v) is 13.7. The summed E-state index contributed by atoms with van der Waals surface area (Å²) in [5.74, 6) is -9.13. The standard InChI is InChI=1S/C15H11N3.3C8H5F3O2S.Eu/c1-3-10-16-12(6-1)14-8-5-9-15(18-14)13-7-2-4-11-17-13;3*9-8(10,11)7(13)4-5(12)6-2-1-3-14-6;/h1-11H;3*1-4,13H;/q;;;;+3/p-3/b;3*7-4-;. The van der Waals surface area contributed by atoms with E-state index in [-0.39, 0.29) is 82.2 Å². The number of ketones is 3. The third-order valence-electron chi connectivity index (χ3n) is 6.52. The number of aromatic nitrogens is 3. The maximum Gasteiger partial charge on any atom is 3.00 e. The molecule has 0 fully saturated rings. The SMILES string of the molecule is O=C(/C=C(\[O-])C(F)(F)F)c1cccs1.O=C(/C=C(\[O-])C(F)(F)F)c1cccs1.O=C(/C=C(\[O-])C(F)(F)F)c1cccs1.[Eu+3].c1ccc(-c2cccc(-c3ccccn3)n2)nc1. The van der Waals surface area contributed by atoms with E-state index in [0.717, 1.165) is 56.8 Å². The number of carbonyl (C=O) groups is 3. The zero-order valence-electron chi connectivity index (χ0n) is 30.1. The molecular formula is C39H23EuF9N3O6S3. The second kappa shape index (κ2) is 24.5. The van der Waals surface area contributed by atoms with Gasteiger partial charge in [-0.25, -0.2) is 4.98 Å². The molecule has 6 aromatic heterocycles. The number of nitrogens with zero attached hydrogens (tertiary/aromatic N) is 3. The number of carbonyl (C=O) groups excluding carboxylic acids is 3. The van der Waals surface area contributed by atoms with Crippen molar-refractivity contribution >= 4 is 51.4 Å². The molecule has 22 heteroatoms. The Balaban J connectivity index is 0.000000281. The second-order valence-electron chi connectivity index (χ2n) is 10.9. The van der Waals surface area contributed by atoms with Gasteiger partial charge in [-0.1, -0.05) is 36.4 Å². The molecule has 0 amide bonds. The van der Waals surface area contributed by atoms with Gasteiger partial charge in [-0.05, 0) is 106 Å². The topological polar surface area (TPSA) is 159 Å². The van der Waals surface area contributed by atoms with Gasteiger partial charge < -0.3 is 15.3 Å². The van der Waals surface area contributed by atoms with Gasteiger partial charge in [0, 0.05) is 12.4 Å². The largest absolute Gasteiger partial charge is 3.00 e. The minimum atomic E-state index is -4.98. The summed E-state index contributed by atoms with van der Waals surface area (Å²) in [7, 11) is 0. The summed E-state index contributed by atoms with van der Waals surface area (Å²) in [6.07, 6.45) is -11.2. The molecule has 0 spiro atoms. The summed E-state index contributed by atoms with van der Waals surface area (Å²) in [4.78, 5) is 46.5. The molecule has 0 saturated carbocycles. The Labute approximate surface area is 392 Å². The molecule has 6 heterocycles. The van der Waals surface area contributed by atoms with Crippen LogP contribution in [0.5, 0.6) is 0 Å². The summed E-state index contributed by atoms with van der Waals surface area (Å²) in [6.45, 7) is 0. The van der Waals surface area contributed by atoms with Crippen LogP contribution in [-0.4, -0.2) is 50.8 Å². The van der Waals surface area contributed by atoms with Crippen molar-refractivity contribution in [3.63, 3.8) is 0 Å². The van der Waals surface area contributed by atoms with Crippen LogP contribution in [-0.2, 0) is 0 Å². The first-order valence-corrected chi connectivity index (χ1v) is 18.7. The number of pyridine rings is 3. The fourth-order valence-electron chi connectivity index (χ4n) is 3.82. The fourth-order valence-corrected chi connectivity index (χ4v) is 5.73. The molecule has 0 aliphatic heterocycles. The molecule has 0 atom stereocenters. The van der Waals surface area contributed by atoms with E-state index in [4.69, 9.17) is 0 Å². The molecular weight excluding hydrogens is 1030 g/mol. The van der Waals surface area contributed by atoms with E-state index in [9.17, 15) is 69.2 Å². The summed E-state index contributed by atoms with van der Waals surface area (Å²) in [6, 6.07) is 26.1. The molecule has 9 nitrogen and oxygen atoms in total. The van der Waals surface area contributed by atoms with Gasteiger partial charge in [0.25, 0.3) is 0 Å². The van der Waals surface area contributed by atoms with Crippen molar-refractivity contribution < 1.29 is 119 Å². The molecule has 0 radical (unpaired) electrons. The Morgan fingerprint density at radius 2 is 0.738 bits per heavy atom. The zero-order valence-corrected chi connectivity index (χ0v) is 34.9. The van der Waals surface area contributed by atoms with Crippen LogP contribution in [0.2, 0.25) is 0 Å². The normalized spacial score (nSPS) is 11.9. The predicted molar refractivity (Wildman–Crippen MR) is 199 cm³/mol. The van der Waals surface area contributed by atoms with Gasteiger partial charge in [-0.15, -0.1) is 34.0 Å². The van der Waals surface area contributed by atoms with Gasteiger partial charge in [-0.2, -0.15) is 39.5 Å². The molecule has 6 rings (SSSR count). The van der Waals surface area contributed by atoms with Crippen LogP contribution in [0.25, 0.3) is 22.8 Å². The van der Waals surface area contributed by atoms with Crippen LogP contribution in [0.15, 0.2) is 155 Å². The summed E-state index contributed by atoms with van der Waals surface area (Å²) in [5.41, 5.74) is 3.46. The van der Waals surface area contributed by atoms with E-state index in [1.54, 1.807) is 28.5 Å². The first kappa shape index (κ1) is 52.3. The first-order valence-electron chi connectivity index (χ1n) is 16.1. The Kier molecular flexibility index (Phi) is 21.0. The van der Waals surface area contributed by atoms with Crippen LogP contribution in [0.1, 0.15) is 29.0 Å². The maximum atomic E-state index is 11.7. The Morgan fingerprint density at radius 3 is 0.967 bits per heavy atom. The van der Waals surface area contributed by atoms with Crippen molar-refractivity contribution in [2.75, 3.05) is 0 Å². The third kappa shape index (κ3) is 18.3. The number of halogens is 9. The summed E-state index contributed by atoms with van der Waals surface area (Å²) < 4.78 is 105. The van der Waals surface area contributed by atoms with Crippen LogP contribution < -0.4 is 15.3 Å². The summed E-state index contributed by atoms with van der Waals surface area (Å²) >= 11 is 2.95. The zero-order chi connectivity index (χ0) is 44.5. The van der Waals surface area contributed by atoms with Crippen LogP contribution in [0.3, 0.4) is 0 Å². The van der Waals surface area contributed by atoms with Crippen molar-refractivity contribution in [3.8, 4) is 22.8 Å². The van der Waals surface area contributed by atoms with Crippen molar-refractivity contribution in [1.29, 1.82) is 0 Å². The first-order chi connectivity index (χ1) is 28.2. The molecule has 0 bridgehead atoms. The Bertz CT molecular complexity index is 2140. The van der Waals surface area contributed by atoms with Crippen molar-refractivity contribution in [2.45, 2.75) is 18.5 Å². The molecule has 0 N–H and O–H groups in total. The Hall–Kier alpha value is -4.87. The summed E-state index contributed by atoms with van der Waals surface area (Å²) in [5, 5.41) is 35.7. The number of rotatable bonds is 8. The van der Waals surface area contributed by atoms with Crippen LogP contribution in [0, 0.1) is 49.4 Å². The van der Waals surface area contributed by atoms with Gasteiger partial charge in [0.2, 0.25) is 0 Å². The van der Waals surface area contributed by atoms with E-state index in [1.165, 1.54) is 36.4 Å². The molecule has 0 unspecified atom stereocenters. The van der Waals surface area contributed by atoms with E-state index >= 15 is 0 Å². The van der Waals surface area contributed by atoms with E-state index < -0.39 is 53.2 Å². The van der Waals surface area contributed by atoms with Gasteiger partial charge in [0.15, 0.2) is 17.3 Å². The number of hydrogen-bond acceptors (Lipinski definition) is 12. The average molecular weight is 1050 g/mol. The molecule has 0 aliphatic carbocycles. The van der Waals surface area contributed by atoms with Gasteiger partial charge in [0.1, 0.15) is 0 Å². The minimum absolute atomic E-state index is 0. The number of alkyl halides is 9. The molecule has 0 saturated heterocycles. The van der Waals surface area contributed by atoms with E-state index in [0.29, 0.717) is 0 Å². The average Bonchev–Trinajstić information content (AvgIpc) is 4.04.